The number of rotatable bonds is 4. The van der Waals surface area contributed by atoms with Crippen molar-refractivity contribution in [3.63, 3.8) is 0 Å². The molecule has 0 amide bonds. The number of nitrogens with two attached hydrogens (primary N) is 1. The normalized spacial score (nSPS) is 10.7. The maximum atomic E-state index is 13.6. The van der Waals surface area contributed by atoms with Gasteiger partial charge in [-0.2, -0.15) is 0 Å². The number of hydrogen-bond acceptors (Lipinski definition) is 4. The molecular formula is C16H21FN4. The van der Waals surface area contributed by atoms with Crippen LogP contribution in [0.3, 0.4) is 0 Å². The lowest BCUT2D eigenvalue weighted by Gasteiger charge is -2.12. The Morgan fingerprint density at radius 1 is 1.14 bits per heavy atom. The lowest BCUT2D eigenvalue weighted by atomic mass is 10.1. The van der Waals surface area contributed by atoms with Crippen LogP contribution >= 0.6 is 0 Å². The number of nitrogens with one attached hydrogen (secondary N) is 1. The molecule has 0 saturated heterocycles. The molecule has 0 fully saturated rings. The first-order valence-corrected chi connectivity index (χ1v) is 7.04. The molecule has 2 rings (SSSR count). The minimum absolute atomic E-state index is 0.144. The van der Waals surface area contributed by atoms with Crippen LogP contribution in [0.15, 0.2) is 12.1 Å². The van der Waals surface area contributed by atoms with Gasteiger partial charge in [0, 0.05) is 18.5 Å². The van der Waals surface area contributed by atoms with Crippen molar-refractivity contribution in [2.45, 2.75) is 40.7 Å². The average Bonchev–Trinajstić information content (AvgIpc) is 2.45. The van der Waals surface area contributed by atoms with Gasteiger partial charge in [0.2, 0.25) is 0 Å². The van der Waals surface area contributed by atoms with Crippen molar-refractivity contribution in [3.8, 4) is 0 Å². The minimum atomic E-state index is -0.144. The van der Waals surface area contributed by atoms with E-state index in [1.165, 1.54) is 0 Å². The van der Waals surface area contributed by atoms with Gasteiger partial charge in [-0.15, -0.1) is 0 Å². The number of halogens is 1. The summed E-state index contributed by atoms with van der Waals surface area (Å²) in [5.41, 5.74) is 9.05. The van der Waals surface area contributed by atoms with Gasteiger partial charge in [0.15, 0.2) is 0 Å². The zero-order chi connectivity index (χ0) is 15.6. The molecule has 0 aliphatic carbocycles. The van der Waals surface area contributed by atoms with Gasteiger partial charge < -0.3 is 11.1 Å². The van der Waals surface area contributed by atoms with Crippen LogP contribution in [-0.4, -0.2) is 9.97 Å². The van der Waals surface area contributed by atoms with E-state index in [4.69, 9.17) is 5.73 Å². The molecule has 4 nitrogen and oxygen atoms in total. The molecule has 0 bridgehead atoms. The Kier molecular flexibility index (Phi) is 4.40. The first-order chi connectivity index (χ1) is 9.92. The summed E-state index contributed by atoms with van der Waals surface area (Å²) < 4.78 is 13.6. The largest absolute Gasteiger partial charge is 0.383 e. The fourth-order valence-electron chi connectivity index (χ4n) is 2.24. The van der Waals surface area contributed by atoms with Crippen molar-refractivity contribution in [2.24, 2.45) is 0 Å². The Balaban J connectivity index is 2.22. The molecule has 21 heavy (non-hydrogen) atoms. The van der Waals surface area contributed by atoms with Gasteiger partial charge in [-0.1, -0.05) is 19.1 Å². The maximum Gasteiger partial charge on any atom is 0.135 e. The van der Waals surface area contributed by atoms with E-state index in [1.54, 1.807) is 13.8 Å². The number of aromatic nitrogens is 2. The highest BCUT2D eigenvalue weighted by molar-refractivity contribution is 5.55. The predicted molar refractivity (Wildman–Crippen MR) is 83.8 cm³/mol. The lowest BCUT2D eigenvalue weighted by Crippen LogP contribution is -2.09. The second-order valence-electron chi connectivity index (χ2n) is 5.25. The van der Waals surface area contributed by atoms with E-state index < -0.39 is 0 Å². The van der Waals surface area contributed by atoms with Gasteiger partial charge in [-0.25, -0.2) is 14.4 Å². The number of anilines is 2. The predicted octanol–water partition coefficient (Wildman–Crippen LogP) is 3.30. The molecule has 3 N–H and O–H groups in total. The second kappa shape index (κ2) is 6.08. The van der Waals surface area contributed by atoms with Gasteiger partial charge in [0.1, 0.15) is 23.3 Å². The quantitative estimate of drug-likeness (QED) is 0.906. The highest BCUT2D eigenvalue weighted by Gasteiger charge is 2.09. The van der Waals surface area contributed by atoms with E-state index >= 15 is 0 Å². The van der Waals surface area contributed by atoms with Crippen LogP contribution in [0.1, 0.15) is 35.0 Å². The van der Waals surface area contributed by atoms with Gasteiger partial charge in [0.05, 0.1) is 0 Å². The fraction of sp³-hybridized carbons (Fsp3) is 0.375. The van der Waals surface area contributed by atoms with Crippen LogP contribution < -0.4 is 11.1 Å². The molecule has 0 unspecified atom stereocenters. The zero-order valence-corrected chi connectivity index (χ0v) is 12.9. The molecule has 0 aliphatic rings. The standard InChI is InChI=1S/C16H21FN4/c1-5-13-20-15(18)11(4)16(21-13)19-8-12-6-9(2)14(17)10(3)7-12/h6-7H,5,8H2,1-4H3,(H3,18,19,20,21). The van der Waals surface area contributed by atoms with Crippen molar-refractivity contribution < 1.29 is 4.39 Å². The smallest absolute Gasteiger partial charge is 0.135 e. The molecule has 1 heterocycles. The van der Waals surface area contributed by atoms with Gasteiger partial charge in [-0.05, 0) is 37.5 Å². The zero-order valence-electron chi connectivity index (χ0n) is 12.9. The highest BCUT2D eigenvalue weighted by Crippen LogP contribution is 2.20. The van der Waals surface area contributed by atoms with Gasteiger partial charge in [-0.3, -0.25) is 0 Å². The third-order valence-electron chi connectivity index (χ3n) is 3.50. The van der Waals surface area contributed by atoms with E-state index in [-0.39, 0.29) is 5.82 Å². The Bertz CT molecular complexity index is 645. The topological polar surface area (TPSA) is 63.8 Å². The third-order valence-corrected chi connectivity index (χ3v) is 3.50. The van der Waals surface area contributed by atoms with E-state index in [9.17, 15) is 4.39 Å². The SMILES string of the molecule is CCc1nc(N)c(C)c(NCc2cc(C)c(F)c(C)c2)n1. The highest BCUT2D eigenvalue weighted by atomic mass is 19.1. The summed E-state index contributed by atoms with van der Waals surface area (Å²) in [6, 6.07) is 3.69. The second-order valence-corrected chi connectivity index (χ2v) is 5.25. The lowest BCUT2D eigenvalue weighted by molar-refractivity contribution is 0.608. The van der Waals surface area contributed by atoms with Crippen LogP contribution in [0.5, 0.6) is 0 Å². The minimum Gasteiger partial charge on any atom is -0.383 e. The summed E-state index contributed by atoms with van der Waals surface area (Å²) in [4.78, 5) is 8.68. The molecule has 2 aromatic rings. The van der Waals surface area contributed by atoms with Gasteiger partial charge in [0.25, 0.3) is 0 Å². The van der Waals surface area contributed by atoms with E-state index in [1.807, 2.05) is 26.0 Å². The molecule has 1 aromatic heterocycles. The van der Waals surface area contributed by atoms with Crippen LogP contribution in [0, 0.1) is 26.6 Å². The molecule has 0 spiro atoms. The monoisotopic (exact) mass is 288 g/mol. The molecule has 1 aromatic carbocycles. The van der Waals surface area contributed by atoms with Crippen molar-refractivity contribution in [1.82, 2.24) is 9.97 Å². The van der Waals surface area contributed by atoms with E-state index in [2.05, 4.69) is 15.3 Å². The Hall–Kier alpha value is -2.17. The summed E-state index contributed by atoms with van der Waals surface area (Å²) in [6.07, 6.45) is 0.730. The first-order valence-electron chi connectivity index (χ1n) is 7.04. The summed E-state index contributed by atoms with van der Waals surface area (Å²) in [7, 11) is 0. The molecule has 112 valence electrons. The summed E-state index contributed by atoms with van der Waals surface area (Å²) >= 11 is 0. The summed E-state index contributed by atoms with van der Waals surface area (Å²) in [6.45, 7) is 7.99. The number of aryl methyl sites for hydroxylation is 3. The number of nitrogens with zero attached hydrogens (tertiary/aromatic N) is 2. The molecular weight excluding hydrogens is 267 g/mol. The van der Waals surface area contributed by atoms with Crippen LogP contribution in [-0.2, 0) is 13.0 Å². The first kappa shape index (κ1) is 15.2. The Labute approximate surface area is 124 Å². The van der Waals surface area contributed by atoms with Crippen molar-refractivity contribution >= 4 is 11.6 Å². The number of benzene rings is 1. The Morgan fingerprint density at radius 3 is 2.33 bits per heavy atom. The van der Waals surface area contributed by atoms with Crippen molar-refractivity contribution in [2.75, 3.05) is 11.1 Å². The van der Waals surface area contributed by atoms with E-state index in [0.717, 1.165) is 23.4 Å². The maximum absolute atomic E-state index is 13.6. The third kappa shape index (κ3) is 3.29. The molecule has 5 heteroatoms. The van der Waals surface area contributed by atoms with Crippen LogP contribution in [0.25, 0.3) is 0 Å². The number of nitrogen functional groups attached to an aromatic ring is 1. The summed E-state index contributed by atoms with van der Waals surface area (Å²) in [5.74, 6) is 1.80. The summed E-state index contributed by atoms with van der Waals surface area (Å²) in [5, 5.41) is 3.27. The van der Waals surface area contributed by atoms with Crippen LogP contribution in [0.2, 0.25) is 0 Å². The van der Waals surface area contributed by atoms with Crippen molar-refractivity contribution in [3.05, 3.63) is 46.0 Å². The van der Waals surface area contributed by atoms with E-state index in [0.29, 0.717) is 29.3 Å². The molecule has 0 saturated carbocycles. The Morgan fingerprint density at radius 2 is 1.76 bits per heavy atom. The number of hydrogen-bond donors (Lipinski definition) is 2. The van der Waals surface area contributed by atoms with Crippen LogP contribution in [0.4, 0.5) is 16.0 Å². The fourth-order valence-corrected chi connectivity index (χ4v) is 2.24. The van der Waals surface area contributed by atoms with Crippen molar-refractivity contribution in [1.29, 1.82) is 0 Å². The molecule has 0 aliphatic heterocycles. The average molecular weight is 288 g/mol. The molecule has 0 atom stereocenters. The van der Waals surface area contributed by atoms with Gasteiger partial charge >= 0.3 is 0 Å². The molecule has 0 radical (unpaired) electrons.